The molecule has 100 valence electrons. The van der Waals surface area contributed by atoms with Crippen LogP contribution in [-0.4, -0.2) is 31.1 Å². The van der Waals surface area contributed by atoms with Crippen molar-refractivity contribution >= 4 is 23.2 Å². The number of likely N-dealkylation sites (N-methyl/N-ethyl adjacent to an activating group) is 1. The summed E-state index contributed by atoms with van der Waals surface area (Å²) in [4.78, 5) is 2.42. The molecule has 0 radical (unpaired) electrons. The van der Waals surface area contributed by atoms with Crippen LogP contribution in [0.2, 0.25) is 10.0 Å². The van der Waals surface area contributed by atoms with Crippen molar-refractivity contribution in [1.82, 2.24) is 4.90 Å². The number of hydrogen-bond donors (Lipinski definition) is 1. The molecular weight excluding hydrogens is 267 g/mol. The van der Waals surface area contributed by atoms with Gasteiger partial charge in [0.2, 0.25) is 0 Å². The van der Waals surface area contributed by atoms with Crippen LogP contribution in [0, 0.1) is 0 Å². The molecule has 2 atom stereocenters. The highest BCUT2D eigenvalue weighted by atomic mass is 35.5. The summed E-state index contributed by atoms with van der Waals surface area (Å²) in [5, 5.41) is 1.22. The lowest BCUT2D eigenvalue weighted by atomic mass is 9.85. The standard InChI is InChI=1S/C14H20Cl2N2/c1-18-7-3-2-4-14(18)11(9-17)10-5-6-12(15)13(16)8-10/h5-6,8,11,14H,2-4,7,9,17H2,1H3. The van der Waals surface area contributed by atoms with E-state index in [0.717, 1.165) is 6.54 Å². The Morgan fingerprint density at radius 1 is 1.33 bits per heavy atom. The van der Waals surface area contributed by atoms with Gasteiger partial charge in [0, 0.05) is 18.5 Å². The number of nitrogens with two attached hydrogens (primary N) is 1. The van der Waals surface area contributed by atoms with Crippen molar-refractivity contribution in [2.24, 2.45) is 5.73 Å². The lowest BCUT2D eigenvalue weighted by Crippen LogP contribution is -2.42. The molecule has 0 saturated carbocycles. The van der Waals surface area contributed by atoms with Gasteiger partial charge in [-0.1, -0.05) is 35.7 Å². The number of piperidine rings is 1. The minimum Gasteiger partial charge on any atom is -0.330 e. The van der Waals surface area contributed by atoms with Gasteiger partial charge in [0.05, 0.1) is 10.0 Å². The molecule has 0 spiro atoms. The second kappa shape index (κ2) is 6.25. The largest absolute Gasteiger partial charge is 0.330 e. The fraction of sp³-hybridized carbons (Fsp3) is 0.571. The minimum atomic E-state index is 0.338. The first kappa shape index (κ1) is 14.1. The topological polar surface area (TPSA) is 29.3 Å². The van der Waals surface area contributed by atoms with Crippen molar-refractivity contribution < 1.29 is 0 Å². The van der Waals surface area contributed by atoms with E-state index in [1.807, 2.05) is 18.2 Å². The third-order valence-electron chi connectivity index (χ3n) is 3.92. The Hall–Kier alpha value is -0.280. The molecule has 0 bridgehead atoms. The van der Waals surface area contributed by atoms with Crippen LogP contribution in [0.5, 0.6) is 0 Å². The molecule has 2 nitrogen and oxygen atoms in total. The minimum absolute atomic E-state index is 0.338. The van der Waals surface area contributed by atoms with E-state index in [2.05, 4.69) is 11.9 Å². The average Bonchev–Trinajstić information content (AvgIpc) is 2.37. The second-order valence-corrected chi connectivity index (χ2v) is 5.87. The van der Waals surface area contributed by atoms with Crippen LogP contribution < -0.4 is 5.73 Å². The first-order valence-corrected chi connectivity index (χ1v) is 7.24. The van der Waals surface area contributed by atoms with Crippen molar-refractivity contribution in [2.45, 2.75) is 31.2 Å². The SMILES string of the molecule is CN1CCCCC1C(CN)c1ccc(Cl)c(Cl)c1. The summed E-state index contributed by atoms with van der Waals surface area (Å²) in [6.07, 6.45) is 3.77. The monoisotopic (exact) mass is 286 g/mol. The van der Waals surface area contributed by atoms with Gasteiger partial charge in [0.1, 0.15) is 0 Å². The first-order valence-electron chi connectivity index (χ1n) is 6.48. The summed E-state index contributed by atoms with van der Waals surface area (Å²) in [5.41, 5.74) is 7.18. The maximum atomic E-state index is 6.10. The number of halogens is 2. The molecule has 1 aromatic rings. The van der Waals surface area contributed by atoms with E-state index >= 15 is 0 Å². The van der Waals surface area contributed by atoms with Crippen LogP contribution in [0.4, 0.5) is 0 Å². The van der Waals surface area contributed by atoms with Gasteiger partial charge in [-0.25, -0.2) is 0 Å². The highest BCUT2D eigenvalue weighted by molar-refractivity contribution is 6.42. The molecule has 2 N–H and O–H groups in total. The molecule has 0 aliphatic carbocycles. The van der Waals surface area contributed by atoms with E-state index in [1.54, 1.807) is 0 Å². The average molecular weight is 287 g/mol. The predicted molar refractivity (Wildman–Crippen MR) is 78.5 cm³/mol. The smallest absolute Gasteiger partial charge is 0.0595 e. The molecule has 2 unspecified atom stereocenters. The van der Waals surface area contributed by atoms with E-state index in [9.17, 15) is 0 Å². The van der Waals surface area contributed by atoms with Gasteiger partial charge in [-0.3, -0.25) is 0 Å². The van der Waals surface area contributed by atoms with Crippen LogP contribution in [0.1, 0.15) is 30.7 Å². The van der Waals surface area contributed by atoms with Gasteiger partial charge < -0.3 is 10.6 Å². The van der Waals surface area contributed by atoms with Gasteiger partial charge in [-0.2, -0.15) is 0 Å². The highest BCUT2D eigenvalue weighted by Gasteiger charge is 2.28. The molecule has 18 heavy (non-hydrogen) atoms. The summed E-state index contributed by atoms with van der Waals surface area (Å²) >= 11 is 12.1. The summed E-state index contributed by atoms with van der Waals surface area (Å²) in [6.45, 7) is 1.80. The van der Waals surface area contributed by atoms with Gasteiger partial charge in [0.25, 0.3) is 0 Å². The quantitative estimate of drug-likeness (QED) is 0.921. The maximum Gasteiger partial charge on any atom is 0.0595 e. The Balaban J connectivity index is 2.23. The zero-order valence-corrected chi connectivity index (χ0v) is 12.2. The molecule has 1 saturated heterocycles. The number of rotatable bonds is 3. The summed E-state index contributed by atoms with van der Waals surface area (Å²) < 4.78 is 0. The fourth-order valence-electron chi connectivity index (χ4n) is 2.87. The third-order valence-corrected chi connectivity index (χ3v) is 4.66. The van der Waals surface area contributed by atoms with Crippen molar-refractivity contribution in [3.8, 4) is 0 Å². The van der Waals surface area contributed by atoms with Gasteiger partial charge >= 0.3 is 0 Å². The van der Waals surface area contributed by atoms with Crippen molar-refractivity contribution in [1.29, 1.82) is 0 Å². The normalized spacial score (nSPS) is 23.0. The van der Waals surface area contributed by atoms with Crippen LogP contribution in [-0.2, 0) is 0 Å². The van der Waals surface area contributed by atoms with Crippen LogP contribution in [0.15, 0.2) is 18.2 Å². The number of likely N-dealkylation sites (tertiary alicyclic amines) is 1. The first-order chi connectivity index (χ1) is 8.63. The lowest BCUT2D eigenvalue weighted by molar-refractivity contribution is 0.160. The summed E-state index contributed by atoms with van der Waals surface area (Å²) in [7, 11) is 2.18. The van der Waals surface area contributed by atoms with E-state index < -0.39 is 0 Å². The van der Waals surface area contributed by atoms with Crippen LogP contribution >= 0.6 is 23.2 Å². The molecule has 1 aliphatic heterocycles. The fourth-order valence-corrected chi connectivity index (χ4v) is 3.17. The molecule has 1 heterocycles. The van der Waals surface area contributed by atoms with Crippen molar-refractivity contribution in [2.75, 3.05) is 20.1 Å². The molecule has 1 aliphatic rings. The zero-order chi connectivity index (χ0) is 13.1. The Bertz CT molecular complexity index is 409. The molecule has 4 heteroatoms. The van der Waals surface area contributed by atoms with Crippen LogP contribution in [0.25, 0.3) is 0 Å². The van der Waals surface area contributed by atoms with Gasteiger partial charge in [0.15, 0.2) is 0 Å². The lowest BCUT2D eigenvalue weighted by Gasteiger charge is -2.38. The predicted octanol–water partition coefficient (Wildman–Crippen LogP) is 3.52. The zero-order valence-electron chi connectivity index (χ0n) is 10.7. The highest BCUT2D eigenvalue weighted by Crippen LogP contribution is 2.32. The van der Waals surface area contributed by atoms with Crippen LogP contribution in [0.3, 0.4) is 0 Å². The number of benzene rings is 1. The number of nitrogens with zero attached hydrogens (tertiary/aromatic N) is 1. The Labute approximate surface area is 119 Å². The van der Waals surface area contributed by atoms with Crippen molar-refractivity contribution in [3.63, 3.8) is 0 Å². The molecule has 1 fully saturated rings. The summed E-state index contributed by atoms with van der Waals surface area (Å²) in [6, 6.07) is 6.39. The second-order valence-electron chi connectivity index (χ2n) is 5.06. The van der Waals surface area contributed by atoms with E-state index in [0.29, 0.717) is 28.5 Å². The van der Waals surface area contributed by atoms with Gasteiger partial charge in [-0.05, 0) is 44.1 Å². The Kier molecular flexibility index (Phi) is 4.91. The molecule has 2 rings (SSSR count). The number of hydrogen-bond acceptors (Lipinski definition) is 2. The molecule has 0 amide bonds. The molecule has 0 aromatic heterocycles. The summed E-state index contributed by atoms with van der Waals surface area (Å²) in [5.74, 6) is 0.338. The van der Waals surface area contributed by atoms with E-state index in [1.165, 1.54) is 24.8 Å². The third kappa shape index (κ3) is 3.00. The van der Waals surface area contributed by atoms with E-state index in [4.69, 9.17) is 28.9 Å². The maximum absolute atomic E-state index is 6.10. The van der Waals surface area contributed by atoms with Gasteiger partial charge in [-0.15, -0.1) is 0 Å². The Morgan fingerprint density at radius 3 is 2.72 bits per heavy atom. The molecule has 1 aromatic carbocycles. The van der Waals surface area contributed by atoms with Crippen molar-refractivity contribution in [3.05, 3.63) is 33.8 Å². The molecular formula is C14H20Cl2N2. The van der Waals surface area contributed by atoms with E-state index in [-0.39, 0.29) is 0 Å². The Morgan fingerprint density at radius 2 is 2.11 bits per heavy atom.